The molecule has 2 aromatic carbocycles. The molecule has 2 nitrogen and oxygen atoms in total. The molecule has 0 radical (unpaired) electrons. The van der Waals surface area contributed by atoms with Gasteiger partial charge in [-0.05, 0) is 61.7 Å². The Kier molecular flexibility index (Phi) is 3.86. The number of rotatable bonds is 3. The van der Waals surface area contributed by atoms with Gasteiger partial charge < -0.3 is 10.5 Å². The number of aryl methyl sites for hydroxylation is 2. The van der Waals surface area contributed by atoms with Crippen LogP contribution >= 0.6 is 0 Å². The Labute approximate surface area is 113 Å². The minimum absolute atomic E-state index is 0.190. The van der Waals surface area contributed by atoms with Crippen LogP contribution in [0.1, 0.15) is 29.7 Å². The summed E-state index contributed by atoms with van der Waals surface area (Å²) >= 11 is 0. The van der Waals surface area contributed by atoms with E-state index in [1.807, 2.05) is 39.0 Å². The largest absolute Gasteiger partial charge is 0.454 e. The van der Waals surface area contributed by atoms with Gasteiger partial charge in [-0.3, -0.25) is 0 Å². The normalized spacial score (nSPS) is 12.3. The molecule has 0 spiro atoms. The number of hydrogen-bond acceptors (Lipinski definition) is 2. The molecule has 1 atom stereocenters. The zero-order valence-corrected chi connectivity index (χ0v) is 11.4. The summed E-state index contributed by atoms with van der Waals surface area (Å²) in [6.07, 6.45) is 0. The predicted octanol–water partition coefficient (Wildman–Crippen LogP) is 4.25. The molecule has 0 bridgehead atoms. The van der Waals surface area contributed by atoms with Gasteiger partial charge in [0.1, 0.15) is 5.75 Å². The third-order valence-corrected chi connectivity index (χ3v) is 2.90. The van der Waals surface area contributed by atoms with Gasteiger partial charge in [0.05, 0.1) is 0 Å². The van der Waals surface area contributed by atoms with Gasteiger partial charge in [-0.15, -0.1) is 0 Å². The molecule has 0 saturated carbocycles. The van der Waals surface area contributed by atoms with E-state index in [0.717, 1.165) is 16.7 Å². The Hall–Kier alpha value is -1.87. The first kappa shape index (κ1) is 13.6. The minimum atomic E-state index is -0.394. The zero-order valence-electron chi connectivity index (χ0n) is 11.4. The van der Waals surface area contributed by atoms with Crippen LogP contribution < -0.4 is 10.5 Å². The van der Waals surface area contributed by atoms with Gasteiger partial charge >= 0.3 is 0 Å². The van der Waals surface area contributed by atoms with Crippen molar-refractivity contribution in [1.29, 1.82) is 0 Å². The Balaban J connectivity index is 2.28. The molecule has 0 fully saturated rings. The molecular weight excluding hydrogens is 241 g/mol. The second kappa shape index (κ2) is 5.41. The smallest absolute Gasteiger partial charge is 0.166 e. The number of halogens is 1. The van der Waals surface area contributed by atoms with Crippen LogP contribution in [0.4, 0.5) is 4.39 Å². The van der Waals surface area contributed by atoms with E-state index in [0.29, 0.717) is 5.75 Å². The van der Waals surface area contributed by atoms with Gasteiger partial charge in [-0.2, -0.15) is 0 Å². The maximum absolute atomic E-state index is 13.9. The summed E-state index contributed by atoms with van der Waals surface area (Å²) in [4.78, 5) is 0. The fourth-order valence-electron chi connectivity index (χ4n) is 2.00. The molecule has 0 unspecified atom stereocenters. The molecule has 3 heteroatoms. The van der Waals surface area contributed by atoms with Crippen molar-refractivity contribution >= 4 is 0 Å². The van der Waals surface area contributed by atoms with Crippen molar-refractivity contribution < 1.29 is 9.13 Å². The van der Waals surface area contributed by atoms with E-state index < -0.39 is 5.82 Å². The molecule has 0 aliphatic rings. The summed E-state index contributed by atoms with van der Waals surface area (Å²) in [6.45, 7) is 5.78. The average molecular weight is 259 g/mol. The number of hydrogen-bond donors (Lipinski definition) is 1. The van der Waals surface area contributed by atoms with E-state index in [4.69, 9.17) is 10.5 Å². The van der Waals surface area contributed by atoms with Crippen molar-refractivity contribution in [2.24, 2.45) is 5.73 Å². The number of benzene rings is 2. The number of nitrogens with two attached hydrogens (primary N) is 1. The highest BCUT2D eigenvalue weighted by Gasteiger charge is 2.08. The molecule has 0 aliphatic heterocycles. The summed E-state index contributed by atoms with van der Waals surface area (Å²) in [5.41, 5.74) is 8.64. The molecule has 2 rings (SSSR count). The van der Waals surface area contributed by atoms with E-state index in [1.54, 1.807) is 12.1 Å². The third kappa shape index (κ3) is 3.32. The minimum Gasteiger partial charge on any atom is -0.454 e. The van der Waals surface area contributed by atoms with Crippen LogP contribution in [0.5, 0.6) is 11.5 Å². The molecule has 2 N–H and O–H groups in total. The topological polar surface area (TPSA) is 35.2 Å². The Morgan fingerprint density at radius 2 is 1.68 bits per heavy atom. The first-order valence-electron chi connectivity index (χ1n) is 6.27. The monoisotopic (exact) mass is 259 g/mol. The molecule has 0 amide bonds. The van der Waals surface area contributed by atoms with Gasteiger partial charge in [0, 0.05) is 6.04 Å². The fraction of sp³-hybridized carbons (Fsp3) is 0.250. The van der Waals surface area contributed by atoms with E-state index in [1.165, 1.54) is 6.07 Å². The van der Waals surface area contributed by atoms with E-state index >= 15 is 0 Å². The average Bonchev–Trinajstić information content (AvgIpc) is 2.30. The molecule has 19 heavy (non-hydrogen) atoms. The lowest BCUT2D eigenvalue weighted by molar-refractivity contribution is 0.440. The van der Waals surface area contributed by atoms with Gasteiger partial charge in [-0.1, -0.05) is 12.1 Å². The lowest BCUT2D eigenvalue weighted by Gasteiger charge is -2.11. The van der Waals surface area contributed by atoms with E-state index in [2.05, 4.69) is 0 Å². The summed E-state index contributed by atoms with van der Waals surface area (Å²) in [5, 5.41) is 0. The predicted molar refractivity (Wildman–Crippen MR) is 75.0 cm³/mol. The van der Waals surface area contributed by atoms with Crippen LogP contribution in [0.25, 0.3) is 0 Å². The number of ether oxygens (including phenoxy) is 1. The highest BCUT2D eigenvalue weighted by Crippen LogP contribution is 2.27. The van der Waals surface area contributed by atoms with Gasteiger partial charge in [-0.25, -0.2) is 4.39 Å². The maximum Gasteiger partial charge on any atom is 0.166 e. The molecular formula is C16H18FNO. The first-order chi connectivity index (χ1) is 8.95. The van der Waals surface area contributed by atoms with E-state index in [-0.39, 0.29) is 11.8 Å². The molecule has 0 heterocycles. The summed E-state index contributed by atoms with van der Waals surface area (Å²) in [5.74, 6) is 0.466. The van der Waals surface area contributed by atoms with Gasteiger partial charge in [0.25, 0.3) is 0 Å². The van der Waals surface area contributed by atoms with Crippen molar-refractivity contribution in [3.8, 4) is 11.5 Å². The van der Waals surface area contributed by atoms with Crippen molar-refractivity contribution in [2.75, 3.05) is 0 Å². The maximum atomic E-state index is 13.9. The van der Waals surface area contributed by atoms with Gasteiger partial charge in [0.15, 0.2) is 11.6 Å². The Morgan fingerprint density at radius 3 is 2.21 bits per heavy atom. The Morgan fingerprint density at radius 1 is 1.05 bits per heavy atom. The van der Waals surface area contributed by atoms with Crippen LogP contribution in [0.2, 0.25) is 0 Å². The molecule has 100 valence electrons. The first-order valence-corrected chi connectivity index (χ1v) is 6.27. The van der Waals surface area contributed by atoms with Crippen LogP contribution in [-0.4, -0.2) is 0 Å². The lowest BCUT2D eigenvalue weighted by Crippen LogP contribution is -2.05. The van der Waals surface area contributed by atoms with Gasteiger partial charge in [0.2, 0.25) is 0 Å². The highest BCUT2D eigenvalue weighted by atomic mass is 19.1. The standard InChI is InChI=1S/C16H18FNO/c1-10-6-11(2)8-14(7-10)19-16-5-4-13(12(3)18)9-15(16)17/h4-9,12H,18H2,1-3H3/t12-/m1/s1. The molecule has 2 aromatic rings. The second-order valence-corrected chi connectivity index (χ2v) is 4.90. The van der Waals surface area contributed by atoms with Crippen molar-refractivity contribution in [3.63, 3.8) is 0 Å². The summed E-state index contributed by atoms with van der Waals surface area (Å²) in [6, 6.07) is 10.4. The quantitative estimate of drug-likeness (QED) is 0.894. The molecule has 0 aromatic heterocycles. The van der Waals surface area contributed by atoms with Crippen LogP contribution in [0.3, 0.4) is 0 Å². The van der Waals surface area contributed by atoms with Crippen LogP contribution in [-0.2, 0) is 0 Å². The summed E-state index contributed by atoms with van der Waals surface area (Å²) in [7, 11) is 0. The second-order valence-electron chi connectivity index (χ2n) is 4.90. The molecule has 0 saturated heterocycles. The SMILES string of the molecule is Cc1cc(C)cc(Oc2ccc([C@@H](C)N)cc2F)c1. The van der Waals surface area contributed by atoms with Crippen LogP contribution in [0.15, 0.2) is 36.4 Å². The van der Waals surface area contributed by atoms with Crippen molar-refractivity contribution in [2.45, 2.75) is 26.8 Å². The van der Waals surface area contributed by atoms with Crippen molar-refractivity contribution in [3.05, 3.63) is 58.9 Å². The van der Waals surface area contributed by atoms with Crippen LogP contribution in [0, 0.1) is 19.7 Å². The lowest BCUT2D eigenvalue weighted by atomic mass is 10.1. The molecule has 0 aliphatic carbocycles. The summed E-state index contributed by atoms with van der Waals surface area (Å²) < 4.78 is 19.5. The zero-order chi connectivity index (χ0) is 14.0. The van der Waals surface area contributed by atoms with E-state index in [9.17, 15) is 4.39 Å². The van der Waals surface area contributed by atoms with Crippen molar-refractivity contribution in [1.82, 2.24) is 0 Å². The third-order valence-electron chi connectivity index (χ3n) is 2.90. The highest BCUT2D eigenvalue weighted by molar-refractivity contribution is 5.38. The fourth-order valence-corrected chi connectivity index (χ4v) is 2.00. The Bertz CT molecular complexity index is 573.